The van der Waals surface area contributed by atoms with Gasteiger partial charge in [-0.15, -0.1) is 0 Å². The molecule has 92 valence electrons. The van der Waals surface area contributed by atoms with Crippen LogP contribution in [-0.4, -0.2) is 14.5 Å². The van der Waals surface area contributed by atoms with E-state index in [0.717, 1.165) is 5.39 Å². The van der Waals surface area contributed by atoms with Crippen LogP contribution in [0.2, 0.25) is 0 Å². The molecule has 0 spiro atoms. The molecule has 18 heavy (non-hydrogen) atoms. The first kappa shape index (κ1) is 10.6. The van der Waals surface area contributed by atoms with Crippen LogP contribution in [0, 0.1) is 5.82 Å². The topological polar surface area (TPSA) is 79.6 Å². The fourth-order valence-electron chi connectivity index (χ4n) is 1.99. The molecule has 3 rings (SSSR count). The number of hydrogen-bond donors (Lipinski definition) is 3. The summed E-state index contributed by atoms with van der Waals surface area (Å²) in [5.74, 6) is -0.0254. The van der Waals surface area contributed by atoms with Gasteiger partial charge in [0.2, 0.25) is 0 Å². The van der Waals surface area contributed by atoms with E-state index in [1.54, 1.807) is 25.2 Å². The highest BCUT2D eigenvalue weighted by Crippen LogP contribution is 2.26. The number of nitrogens with one attached hydrogen (secondary N) is 2. The number of H-pyrrole nitrogens is 2. The summed E-state index contributed by atoms with van der Waals surface area (Å²) < 4.78 is 14.9. The van der Waals surface area contributed by atoms with Crippen LogP contribution in [0.25, 0.3) is 22.3 Å². The lowest BCUT2D eigenvalue weighted by Crippen LogP contribution is -2.13. The number of rotatable bonds is 1. The van der Waals surface area contributed by atoms with E-state index in [9.17, 15) is 9.18 Å². The molecular weight excluding hydrogens is 235 g/mol. The number of imidazole rings is 1. The molecule has 0 aliphatic rings. The molecule has 0 saturated heterocycles. The Labute approximate surface area is 101 Å². The molecule has 0 aliphatic heterocycles. The van der Waals surface area contributed by atoms with Crippen molar-refractivity contribution in [3.8, 4) is 11.4 Å². The van der Waals surface area contributed by atoms with E-state index in [2.05, 4.69) is 9.97 Å². The zero-order chi connectivity index (χ0) is 12.9. The van der Waals surface area contributed by atoms with Gasteiger partial charge in [0.05, 0.1) is 11.2 Å². The van der Waals surface area contributed by atoms with Crippen molar-refractivity contribution in [2.45, 2.75) is 0 Å². The van der Waals surface area contributed by atoms with Gasteiger partial charge in [0.25, 0.3) is 0 Å². The molecule has 0 atom stereocenters. The number of benzene rings is 1. The lowest BCUT2D eigenvalue weighted by atomic mass is 10.2. The molecule has 2 heterocycles. The Hall–Kier alpha value is -2.50. The van der Waals surface area contributed by atoms with Crippen molar-refractivity contribution in [1.82, 2.24) is 14.5 Å². The quantitative estimate of drug-likeness (QED) is 0.609. The number of hydrogen-bond acceptors (Lipinski definition) is 2. The summed E-state index contributed by atoms with van der Waals surface area (Å²) in [5.41, 5.74) is 6.97. The molecule has 0 unspecified atom stereocenters. The third kappa shape index (κ3) is 1.35. The molecule has 0 saturated carbocycles. The molecule has 6 heteroatoms. The smallest absolute Gasteiger partial charge is 0.327 e. The van der Waals surface area contributed by atoms with E-state index in [4.69, 9.17) is 5.73 Å². The van der Waals surface area contributed by atoms with Crippen LogP contribution >= 0.6 is 0 Å². The number of anilines is 1. The molecule has 5 nitrogen and oxygen atoms in total. The maximum atomic E-state index is 13.6. The Morgan fingerprint density at radius 2 is 2.11 bits per heavy atom. The van der Waals surface area contributed by atoms with Gasteiger partial charge in [-0.3, -0.25) is 4.57 Å². The maximum Gasteiger partial charge on any atom is 0.327 e. The Bertz CT molecular complexity index is 796. The van der Waals surface area contributed by atoms with Gasteiger partial charge >= 0.3 is 5.69 Å². The molecule has 0 bridgehead atoms. The SMILES string of the molecule is Cn1c(N)c(-c2cc3cccc(F)c3[nH]2)[nH]c1=O. The Balaban J connectivity index is 2.29. The second kappa shape index (κ2) is 3.49. The van der Waals surface area contributed by atoms with Gasteiger partial charge in [-0.25, -0.2) is 9.18 Å². The summed E-state index contributed by atoms with van der Waals surface area (Å²) >= 11 is 0. The van der Waals surface area contributed by atoms with Crippen molar-refractivity contribution in [3.63, 3.8) is 0 Å². The monoisotopic (exact) mass is 246 g/mol. The summed E-state index contributed by atoms with van der Waals surface area (Å²) in [6, 6.07) is 6.54. The molecule has 2 aromatic heterocycles. The van der Waals surface area contributed by atoms with Crippen molar-refractivity contribution in [3.05, 3.63) is 40.6 Å². The van der Waals surface area contributed by atoms with E-state index in [1.165, 1.54) is 10.6 Å². The number of fused-ring (bicyclic) bond motifs is 1. The maximum absolute atomic E-state index is 13.6. The first-order valence-electron chi connectivity index (χ1n) is 5.40. The molecule has 0 fully saturated rings. The number of aromatic nitrogens is 3. The van der Waals surface area contributed by atoms with Crippen LogP contribution in [0.1, 0.15) is 0 Å². The second-order valence-corrected chi connectivity index (χ2v) is 4.14. The molecule has 0 amide bonds. The molecule has 0 radical (unpaired) electrons. The molecular formula is C12H11FN4O. The first-order valence-corrected chi connectivity index (χ1v) is 5.40. The highest BCUT2D eigenvalue weighted by molar-refractivity contribution is 5.87. The van der Waals surface area contributed by atoms with Crippen molar-refractivity contribution in [2.75, 3.05) is 5.73 Å². The van der Waals surface area contributed by atoms with E-state index in [0.29, 0.717) is 22.7 Å². The number of halogens is 1. The minimum atomic E-state index is -0.337. The lowest BCUT2D eigenvalue weighted by Gasteiger charge is -1.96. The van der Waals surface area contributed by atoms with Crippen LogP contribution in [-0.2, 0) is 7.05 Å². The van der Waals surface area contributed by atoms with Crippen molar-refractivity contribution < 1.29 is 4.39 Å². The van der Waals surface area contributed by atoms with Gasteiger partial charge in [0.15, 0.2) is 0 Å². The fourth-order valence-corrected chi connectivity index (χ4v) is 1.99. The van der Waals surface area contributed by atoms with Gasteiger partial charge in [-0.1, -0.05) is 12.1 Å². The number of nitrogens with zero attached hydrogens (tertiary/aromatic N) is 1. The lowest BCUT2D eigenvalue weighted by molar-refractivity contribution is 0.637. The standard InChI is InChI=1S/C12H11FN4O/c1-17-11(14)10(16-12(17)18)8-5-6-3-2-4-7(13)9(6)15-8/h2-5,15H,14H2,1H3,(H,16,18). The Kier molecular flexibility index (Phi) is 2.07. The van der Waals surface area contributed by atoms with Crippen molar-refractivity contribution in [1.29, 1.82) is 0 Å². The average Bonchev–Trinajstić information content (AvgIpc) is 2.88. The molecule has 0 aliphatic carbocycles. The first-order chi connectivity index (χ1) is 8.58. The zero-order valence-corrected chi connectivity index (χ0v) is 9.62. The zero-order valence-electron chi connectivity index (χ0n) is 9.62. The van der Waals surface area contributed by atoms with Gasteiger partial charge in [0.1, 0.15) is 17.3 Å². The highest BCUT2D eigenvalue weighted by Gasteiger charge is 2.13. The normalized spacial score (nSPS) is 11.2. The summed E-state index contributed by atoms with van der Waals surface area (Å²) in [5, 5.41) is 0.731. The predicted octanol–water partition coefficient (Wildman–Crippen LogP) is 1.58. The van der Waals surface area contributed by atoms with E-state index < -0.39 is 0 Å². The van der Waals surface area contributed by atoms with Crippen LogP contribution in [0.5, 0.6) is 0 Å². The second-order valence-electron chi connectivity index (χ2n) is 4.14. The molecule has 1 aromatic carbocycles. The van der Waals surface area contributed by atoms with E-state index in [-0.39, 0.29) is 11.5 Å². The van der Waals surface area contributed by atoms with Crippen LogP contribution in [0.15, 0.2) is 29.1 Å². The third-order valence-electron chi connectivity index (χ3n) is 3.03. The van der Waals surface area contributed by atoms with Gasteiger partial charge in [0, 0.05) is 12.4 Å². The van der Waals surface area contributed by atoms with Crippen molar-refractivity contribution in [2.24, 2.45) is 7.05 Å². The minimum absolute atomic E-state index is 0.304. The van der Waals surface area contributed by atoms with Crippen LogP contribution < -0.4 is 11.4 Å². The number of nitrogen functional groups attached to an aromatic ring is 1. The minimum Gasteiger partial charge on any atom is -0.383 e. The molecule has 3 aromatic rings. The van der Waals surface area contributed by atoms with Crippen molar-refractivity contribution >= 4 is 16.7 Å². The summed E-state index contributed by atoms with van der Waals surface area (Å²) in [6.45, 7) is 0. The fraction of sp³-hybridized carbons (Fsp3) is 0.0833. The summed E-state index contributed by atoms with van der Waals surface area (Å²) in [4.78, 5) is 17.0. The van der Waals surface area contributed by atoms with Crippen LogP contribution in [0.3, 0.4) is 0 Å². The number of nitrogens with two attached hydrogens (primary N) is 1. The summed E-state index contributed by atoms with van der Waals surface area (Å²) in [6.07, 6.45) is 0. The van der Waals surface area contributed by atoms with Gasteiger partial charge in [-0.05, 0) is 12.1 Å². The average molecular weight is 246 g/mol. The van der Waals surface area contributed by atoms with E-state index >= 15 is 0 Å². The van der Waals surface area contributed by atoms with Gasteiger partial charge in [-0.2, -0.15) is 0 Å². The number of para-hydroxylation sites is 1. The third-order valence-corrected chi connectivity index (χ3v) is 3.03. The predicted molar refractivity (Wildman–Crippen MR) is 67.7 cm³/mol. The largest absolute Gasteiger partial charge is 0.383 e. The Morgan fingerprint density at radius 3 is 2.72 bits per heavy atom. The van der Waals surface area contributed by atoms with Gasteiger partial charge < -0.3 is 15.7 Å². The van der Waals surface area contributed by atoms with Crippen LogP contribution in [0.4, 0.5) is 10.2 Å². The molecule has 4 N–H and O–H groups in total. The Morgan fingerprint density at radius 1 is 1.33 bits per heavy atom. The highest BCUT2D eigenvalue weighted by atomic mass is 19.1. The summed E-state index contributed by atoms with van der Waals surface area (Å²) in [7, 11) is 1.57. The number of aromatic amines is 2. The van der Waals surface area contributed by atoms with E-state index in [1.807, 2.05) is 0 Å².